The van der Waals surface area contributed by atoms with Gasteiger partial charge in [-0.2, -0.15) is 5.26 Å². The van der Waals surface area contributed by atoms with Gasteiger partial charge >= 0.3 is 5.97 Å². The molecule has 0 spiro atoms. The summed E-state index contributed by atoms with van der Waals surface area (Å²) in [6.07, 6.45) is 5.67. The molecule has 2 aromatic rings. The summed E-state index contributed by atoms with van der Waals surface area (Å²) in [6, 6.07) is 20.8. The monoisotopic (exact) mass is 441 g/mol. The van der Waals surface area contributed by atoms with Crippen LogP contribution in [0, 0.1) is 22.2 Å². The standard InChI is InChI=1S/C28H31N3O2/c29-18-22-8-6-21(7-9-22)17-27(19-30-25-16-24(25)23-4-2-1-3-5-23)12-14-31(15-13-27)20-28(10-11-28)26(32)33/h1-9,24H,10-17,19-20H2,(H,32,33). The normalized spacial score (nSPS) is 24.2. The van der Waals surface area contributed by atoms with Crippen LogP contribution < -0.4 is 0 Å². The Balaban J connectivity index is 1.28. The van der Waals surface area contributed by atoms with Crippen molar-refractivity contribution < 1.29 is 9.90 Å². The van der Waals surface area contributed by atoms with Gasteiger partial charge in [0.15, 0.2) is 0 Å². The van der Waals surface area contributed by atoms with E-state index in [1.165, 1.54) is 16.8 Å². The number of hydrogen-bond acceptors (Lipinski definition) is 4. The van der Waals surface area contributed by atoms with Gasteiger partial charge in [-0.05, 0) is 80.3 Å². The van der Waals surface area contributed by atoms with E-state index in [-0.39, 0.29) is 5.41 Å². The lowest BCUT2D eigenvalue weighted by Gasteiger charge is -2.42. The molecular formula is C28H31N3O2. The SMILES string of the molecule is N#Cc1ccc(CC2(CN=C3CC3c3ccccc3)CCN(CC3(C(=O)O)CC3)CC2)cc1. The Labute approximate surface area is 195 Å². The molecule has 3 aliphatic rings. The first kappa shape index (κ1) is 21.9. The van der Waals surface area contributed by atoms with Crippen LogP contribution in [0.4, 0.5) is 0 Å². The summed E-state index contributed by atoms with van der Waals surface area (Å²) < 4.78 is 0. The van der Waals surface area contributed by atoms with Crippen LogP contribution in [-0.2, 0) is 11.2 Å². The average Bonchev–Trinajstić information content (AvgIpc) is 3.77. The molecule has 3 fully saturated rings. The van der Waals surface area contributed by atoms with Crippen LogP contribution in [0.3, 0.4) is 0 Å². The van der Waals surface area contributed by atoms with Crippen molar-refractivity contribution in [3.8, 4) is 6.07 Å². The topological polar surface area (TPSA) is 76.7 Å². The Kier molecular flexibility index (Phi) is 5.80. The maximum atomic E-state index is 11.6. The fraction of sp³-hybridized carbons (Fsp3) is 0.464. The Morgan fingerprint density at radius 2 is 1.76 bits per heavy atom. The molecular weight excluding hydrogens is 410 g/mol. The summed E-state index contributed by atoms with van der Waals surface area (Å²) in [4.78, 5) is 19.1. The highest BCUT2D eigenvalue weighted by Gasteiger charge is 2.51. The van der Waals surface area contributed by atoms with E-state index < -0.39 is 11.4 Å². The van der Waals surface area contributed by atoms with Crippen molar-refractivity contribution in [2.45, 2.75) is 44.4 Å². The molecule has 1 saturated heterocycles. The Bertz CT molecular complexity index is 1070. The maximum Gasteiger partial charge on any atom is 0.310 e. The molecule has 2 aliphatic carbocycles. The molecule has 0 bridgehead atoms. The largest absolute Gasteiger partial charge is 0.481 e. The van der Waals surface area contributed by atoms with E-state index in [1.54, 1.807) is 0 Å². The van der Waals surface area contributed by atoms with Gasteiger partial charge in [0.05, 0.1) is 17.0 Å². The quantitative estimate of drug-likeness (QED) is 0.645. The van der Waals surface area contributed by atoms with E-state index in [0.29, 0.717) is 18.0 Å². The second-order valence-corrected chi connectivity index (χ2v) is 10.3. The van der Waals surface area contributed by atoms with Gasteiger partial charge in [-0.1, -0.05) is 42.5 Å². The highest BCUT2D eigenvalue weighted by molar-refractivity contribution is 6.05. The highest BCUT2D eigenvalue weighted by atomic mass is 16.4. The zero-order valence-electron chi connectivity index (χ0n) is 19.0. The predicted molar refractivity (Wildman–Crippen MR) is 128 cm³/mol. The van der Waals surface area contributed by atoms with E-state index in [4.69, 9.17) is 10.3 Å². The van der Waals surface area contributed by atoms with Crippen molar-refractivity contribution in [3.05, 3.63) is 71.3 Å². The van der Waals surface area contributed by atoms with Crippen LogP contribution in [0.15, 0.2) is 59.6 Å². The number of carbonyl (C=O) groups is 1. The first-order valence-electron chi connectivity index (χ1n) is 12.0. The Morgan fingerprint density at radius 3 is 2.36 bits per heavy atom. The van der Waals surface area contributed by atoms with Crippen LogP contribution >= 0.6 is 0 Å². The van der Waals surface area contributed by atoms with Crippen molar-refractivity contribution >= 4 is 11.7 Å². The molecule has 1 heterocycles. The second-order valence-electron chi connectivity index (χ2n) is 10.3. The summed E-state index contributed by atoms with van der Waals surface area (Å²) in [6.45, 7) is 3.36. The minimum absolute atomic E-state index is 0.0847. The lowest BCUT2D eigenvalue weighted by molar-refractivity contribution is -0.144. The van der Waals surface area contributed by atoms with Crippen LogP contribution in [0.2, 0.25) is 0 Å². The van der Waals surface area contributed by atoms with E-state index >= 15 is 0 Å². The fourth-order valence-electron chi connectivity index (χ4n) is 5.31. The number of aliphatic carboxylic acids is 1. The molecule has 5 nitrogen and oxygen atoms in total. The summed E-state index contributed by atoms with van der Waals surface area (Å²) in [7, 11) is 0. The number of hydrogen-bond donors (Lipinski definition) is 1. The lowest BCUT2D eigenvalue weighted by Crippen LogP contribution is -2.45. The summed E-state index contributed by atoms with van der Waals surface area (Å²) >= 11 is 0. The number of benzene rings is 2. The average molecular weight is 442 g/mol. The van der Waals surface area contributed by atoms with Gasteiger partial charge in [0, 0.05) is 24.7 Å². The van der Waals surface area contributed by atoms with E-state index in [9.17, 15) is 9.90 Å². The van der Waals surface area contributed by atoms with Crippen LogP contribution in [0.25, 0.3) is 0 Å². The minimum Gasteiger partial charge on any atom is -0.481 e. The van der Waals surface area contributed by atoms with Gasteiger partial charge in [0.2, 0.25) is 0 Å². The number of piperidine rings is 1. The Morgan fingerprint density at radius 1 is 1.06 bits per heavy atom. The zero-order chi connectivity index (χ0) is 22.9. The van der Waals surface area contributed by atoms with E-state index in [0.717, 1.165) is 58.2 Å². The van der Waals surface area contributed by atoms with Gasteiger partial charge in [0.1, 0.15) is 0 Å². The van der Waals surface area contributed by atoms with Gasteiger partial charge in [-0.3, -0.25) is 9.79 Å². The molecule has 0 radical (unpaired) electrons. The number of carboxylic acid groups (broad SMARTS) is 1. The first-order valence-corrected chi connectivity index (χ1v) is 12.0. The van der Waals surface area contributed by atoms with Crippen molar-refractivity contribution in [1.82, 2.24) is 4.90 Å². The van der Waals surface area contributed by atoms with Crippen LogP contribution in [0.1, 0.15) is 54.7 Å². The molecule has 1 aliphatic heterocycles. The summed E-state index contributed by atoms with van der Waals surface area (Å²) in [5.41, 5.74) is 4.20. The summed E-state index contributed by atoms with van der Waals surface area (Å²) in [5, 5.41) is 18.7. The molecule has 0 amide bonds. The summed E-state index contributed by atoms with van der Waals surface area (Å²) in [5.74, 6) is -0.160. The lowest BCUT2D eigenvalue weighted by atomic mass is 9.73. The fourth-order valence-corrected chi connectivity index (χ4v) is 5.31. The predicted octanol–water partition coefficient (Wildman–Crippen LogP) is 4.68. The van der Waals surface area contributed by atoms with Crippen molar-refractivity contribution in [3.63, 3.8) is 0 Å². The van der Waals surface area contributed by atoms with Crippen molar-refractivity contribution in [1.29, 1.82) is 5.26 Å². The molecule has 0 aromatic heterocycles. The Hall–Kier alpha value is -2.97. The number of carboxylic acids is 1. The molecule has 33 heavy (non-hydrogen) atoms. The van der Waals surface area contributed by atoms with Gasteiger partial charge in [-0.15, -0.1) is 0 Å². The smallest absolute Gasteiger partial charge is 0.310 e. The molecule has 2 saturated carbocycles. The molecule has 1 atom stereocenters. The second kappa shape index (κ2) is 8.76. The van der Waals surface area contributed by atoms with Gasteiger partial charge < -0.3 is 10.0 Å². The van der Waals surface area contributed by atoms with Crippen molar-refractivity contribution in [2.75, 3.05) is 26.2 Å². The van der Waals surface area contributed by atoms with Crippen molar-refractivity contribution in [2.24, 2.45) is 15.8 Å². The maximum absolute atomic E-state index is 11.6. The molecule has 170 valence electrons. The number of aliphatic imine (C=N–C) groups is 1. The number of rotatable bonds is 8. The number of nitriles is 1. The number of nitrogens with zero attached hydrogens (tertiary/aromatic N) is 3. The molecule has 1 N–H and O–H groups in total. The molecule has 5 heteroatoms. The molecule has 2 aromatic carbocycles. The van der Waals surface area contributed by atoms with Crippen LogP contribution in [-0.4, -0.2) is 47.9 Å². The number of likely N-dealkylation sites (tertiary alicyclic amines) is 1. The van der Waals surface area contributed by atoms with Crippen LogP contribution in [0.5, 0.6) is 0 Å². The first-order chi connectivity index (χ1) is 16.0. The third kappa shape index (κ3) is 4.86. The van der Waals surface area contributed by atoms with Gasteiger partial charge in [-0.25, -0.2) is 0 Å². The van der Waals surface area contributed by atoms with E-state index in [1.807, 2.05) is 12.1 Å². The zero-order valence-corrected chi connectivity index (χ0v) is 19.0. The molecule has 5 rings (SSSR count). The minimum atomic E-state index is -0.635. The van der Waals surface area contributed by atoms with Gasteiger partial charge in [0.25, 0.3) is 0 Å². The van der Waals surface area contributed by atoms with E-state index in [2.05, 4.69) is 53.4 Å². The third-order valence-electron chi connectivity index (χ3n) is 7.89. The highest BCUT2D eigenvalue weighted by Crippen LogP contribution is 2.48. The third-order valence-corrected chi connectivity index (χ3v) is 7.89. The molecule has 1 unspecified atom stereocenters.